The zero-order valence-corrected chi connectivity index (χ0v) is 8.25. The van der Waals surface area contributed by atoms with Gasteiger partial charge in [-0.1, -0.05) is 6.92 Å². The van der Waals surface area contributed by atoms with Crippen molar-refractivity contribution in [3.8, 4) is 0 Å². The topological polar surface area (TPSA) is 46.1 Å². The van der Waals surface area contributed by atoms with E-state index in [0.717, 1.165) is 19.5 Å². The van der Waals surface area contributed by atoms with Gasteiger partial charge in [0.15, 0.2) is 0 Å². The SMILES string of the molecule is CC1CCN(C(=O)c2ncns2)C1. The predicted molar refractivity (Wildman–Crippen MR) is 49.6 cm³/mol. The van der Waals surface area contributed by atoms with Crippen LogP contribution in [0, 0.1) is 5.92 Å². The van der Waals surface area contributed by atoms with Crippen molar-refractivity contribution in [2.24, 2.45) is 5.92 Å². The Hall–Kier alpha value is -0.970. The van der Waals surface area contributed by atoms with Crippen LogP contribution in [0.3, 0.4) is 0 Å². The molecular formula is C8H11N3OS. The van der Waals surface area contributed by atoms with Crippen LogP contribution in [0.2, 0.25) is 0 Å². The first kappa shape index (κ1) is 8.62. The molecule has 0 bridgehead atoms. The van der Waals surface area contributed by atoms with E-state index in [1.165, 1.54) is 17.9 Å². The molecule has 1 saturated heterocycles. The lowest BCUT2D eigenvalue weighted by molar-refractivity contribution is 0.0787. The number of aromatic nitrogens is 2. The summed E-state index contributed by atoms with van der Waals surface area (Å²) in [6.45, 7) is 3.88. The van der Waals surface area contributed by atoms with Crippen molar-refractivity contribution in [1.29, 1.82) is 0 Å². The minimum absolute atomic E-state index is 0.0341. The highest BCUT2D eigenvalue weighted by molar-refractivity contribution is 7.07. The van der Waals surface area contributed by atoms with Gasteiger partial charge in [0.1, 0.15) is 6.33 Å². The van der Waals surface area contributed by atoms with Crippen molar-refractivity contribution in [1.82, 2.24) is 14.3 Å². The van der Waals surface area contributed by atoms with Crippen LogP contribution >= 0.6 is 11.5 Å². The molecule has 70 valence electrons. The van der Waals surface area contributed by atoms with Gasteiger partial charge >= 0.3 is 0 Å². The average molecular weight is 197 g/mol. The molecule has 1 aromatic heterocycles. The Labute approximate surface area is 80.8 Å². The van der Waals surface area contributed by atoms with Crippen LogP contribution in [0.4, 0.5) is 0 Å². The molecule has 1 amide bonds. The van der Waals surface area contributed by atoms with Crippen LogP contribution in [0.1, 0.15) is 23.1 Å². The summed E-state index contributed by atoms with van der Waals surface area (Å²) in [7, 11) is 0. The number of nitrogens with zero attached hydrogens (tertiary/aromatic N) is 3. The number of amides is 1. The lowest BCUT2D eigenvalue weighted by atomic mass is 10.2. The summed E-state index contributed by atoms with van der Waals surface area (Å²) in [4.78, 5) is 17.4. The minimum atomic E-state index is 0.0341. The van der Waals surface area contributed by atoms with Gasteiger partial charge in [-0.3, -0.25) is 4.79 Å². The molecule has 0 aliphatic carbocycles. The lowest BCUT2D eigenvalue weighted by Crippen LogP contribution is -2.28. The zero-order chi connectivity index (χ0) is 9.26. The summed E-state index contributed by atoms with van der Waals surface area (Å²) in [5.74, 6) is 0.656. The van der Waals surface area contributed by atoms with Crippen molar-refractivity contribution in [2.75, 3.05) is 13.1 Å². The molecule has 4 nitrogen and oxygen atoms in total. The molecule has 1 aromatic rings. The summed E-state index contributed by atoms with van der Waals surface area (Å²) in [6.07, 6.45) is 2.53. The van der Waals surface area contributed by atoms with E-state index in [-0.39, 0.29) is 5.91 Å². The van der Waals surface area contributed by atoms with E-state index in [2.05, 4.69) is 16.3 Å². The molecular weight excluding hydrogens is 186 g/mol. The Balaban J connectivity index is 2.06. The van der Waals surface area contributed by atoms with Crippen LogP contribution < -0.4 is 0 Å². The van der Waals surface area contributed by atoms with Crippen LogP contribution in [-0.2, 0) is 0 Å². The molecule has 1 unspecified atom stereocenters. The molecule has 1 fully saturated rings. The summed E-state index contributed by atoms with van der Waals surface area (Å²) in [6, 6.07) is 0. The van der Waals surface area contributed by atoms with Gasteiger partial charge in [0.25, 0.3) is 5.91 Å². The van der Waals surface area contributed by atoms with E-state index in [0.29, 0.717) is 10.9 Å². The number of hydrogen-bond acceptors (Lipinski definition) is 4. The Kier molecular flexibility index (Phi) is 2.26. The molecule has 0 N–H and O–H groups in total. The molecule has 1 aliphatic rings. The Bertz CT molecular complexity index is 298. The molecule has 1 aliphatic heterocycles. The Morgan fingerprint density at radius 2 is 2.62 bits per heavy atom. The van der Waals surface area contributed by atoms with E-state index in [1.54, 1.807) is 0 Å². The van der Waals surface area contributed by atoms with Gasteiger partial charge in [-0.15, -0.1) is 0 Å². The molecule has 2 rings (SSSR count). The van der Waals surface area contributed by atoms with Gasteiger partial charge in [0.2, 0.25) is 5.01 Å². The van der Waals surface area contributed by atoms with Crippen molar-refractivity contribution in [3.63, 3.8) is 0 Å². The first-order valence-corrected chi connectivity index (χ1v) is 5.10. The van der Waals surface area contributed by atoms with Gasteiger partial charge in [0, 0.05) is 13.1 Å². The Morgan fingerprint density at radius 1 is 1.77 bits per heavy atom. The highest BCUT2D eigenvalue weighted by Crippen LogP contribution is 2.17. The van der Waals surface area contributed by atoms with E-state index in [4.69, 9.17) is 0 Å². The fourth-order valence-electron chi connectivity index (χ4n) is 1.52. The standard InChI is InChI=1S/C8H11N3OS/c1-6-2-3-11(4-6)8(12)7-9-5-10-13-7/h5-6H,2-4H2,1H3. The maximum Gasteiger partial charge on any atom is 0.284 e. The molecule has 0 spiro atoms. The molecule has 0 radical (unpaired) electrons. The van der Waals surface area contributed by atoms with Crippen LogP contribution in [0.25, 0.3) is 0 Å². The highest BCUT2D eigenvalue weighted by atomic mass is 32.1. The quantitative estimate of drug-likeness (QED) is 0.675. The minimum Gasteiger partial charge on any atom is -0.336 e. The third kappa shape index (κ3) is 1.70. The van der Waals surface area contributed by atoms with Crippen LogP contribution in [-0.4, -0.2) is 33.3 Å². The smallest absolute Gasteiger partial charge is 0.284 e. The fraction of sp³-hybridized carbons (Fsp3) is 0.625. The van der Waals surface area contributed by atoms with Crippen molar-refractivity contribution in [2.45, 2.75) is 13.3 Å². The van der Waals surface area contributed by atoms with Crippen molar-refractivity contribution < 1.29 is 4.79 Å². The van der Waals surface area contributed by atoms with Crippen LogP contribution in [0.5, 0.6) is 0 Å². The third-order valence-corrected chi connectivity index (χ3v) is 2.91. The monoisotopic (exact) mass is 197 g/mol. The molecule has 5 heteroatoms. The second-order valence-electron chi connectivity index (χ2n) is 3.39. The maximum atomic E-state index is 11.7. The summed E-state index contributed by atoms with van der Waals surface area (Å²) >= 11 is 1.17. The van der Waals surface area contributed by atoms with E-state index in [9.17, 15) is 4.79 Å². The summed E-state index contributed by atoms with van der Waals surface area (Å²) < 4.78 is 3.82. The lowest BCUT2D eigenvalue weighted by Gasteiger charge is -2.12. The zero-order valence-electron chi connectivity index (χ0n) is 7.43. The second-order valence-corrected chi connectivity index (χ2v) is 4.17. The van der Waals surface area contributed by atoms with E-state index < -0.39 is 0 Å². The van der Waals surface area contributed by atoms with Crippen LogP contribution in [0.15, 0.2) is 6.33 Å². The molecule has 0 saturated carbocycles. The second kappa shape index (κ2) is 3.41. The number of carbonyl (C=O) groups excluding carboxylic acids is 1. The van der Waals surface area contributed by atoms with E-state index in [1.807, 2.05) is 4.90 Å². The van der Waals surface area contributed by atoms with Crippen molar-refractivity contribution in [3.05, 3.63) is 11.3 Å². The van der Waals surface area contributed by atoms with E-state index >= 15 is 0 Å². The summed E-state index contributed by atoms with van der Waals surface area (Å²) in [5.41, 5.74) is 0. The first-order chi connectivity index (χ1) is 6.27. The molecule has 1 atom stereocenters. The number of hydrogen-bond donors (Lipinski definition) is 0. The fourth-order valence-corrected chi connectivity index (χ4v) is 2.02. The highest BCUT2D eigenvalue weighted by Gasteiger charge is 2.25. The summed E-state index contributed by atoms with van der Waals surface area (Å²) in [5, 5.41) is 0.508. The average Bonchev–Trinajstić information content (AvgIpc) is 2.72. The van der Waals surface area contributed by atoms with Gasteiger partial charge in [-0.2, -0.15) is 4.37 Å². The first-order valence-electron chi connectivity index (χ1n) is 4.33. The predicted octanol–water partition coefficient (Wildman–Crippen LogP) is 1.02. The third-order valence-electron chi connectivity index (χ3n) is 2.26. The maximum absolute atomic E-state index is 11.7. The number of carbonyl (C=O) groups is 1. The molecule has 13 heavy (non-hydrogen) atoms. The van der Waals surface area contributed by atoms with Gasteiger partial charge in [0.05, 0.1) is 0 Å². The number of likely N-dealkylation sites (tertiary alicyclic amines) is 1. The van der Waals surface area contributed by atoms with Crippen molar-refractivity contribution >= 4 is 17.4 Å². The molecule has 2 heterocycles. The largest absolute Gasteiger partial charge is 0.336 e. The van der Waals surface area contributed by atoms with Gasteiger partial charge in [-0.05, 0) is 23.9 Å². The Morgan fingerprint density at radius 3 is 3.15 bits per heavy atom. The number of rotatable bonds is 1. The van der Waals surface area contributed by atoms with Gasteiger partial charge < -0.3 is 4.90 Å². The van der Waals surface area contributed by atoms with Gasteiger partial charge in [-0.25, -0.2) is 4.98 Å². The molecule has 0 aromatic carbocycles. The normalized spacial score (nSPS) is 22.2.